The number of piperidine rings is 1. The fourth-order valence-corrected chi connectivity index (χ4v) is 1.97. The summed E-state index contributed by atoms with van der Waals surface area (Å²) < 4.78 is 18.6. The van der Waals surface area contributed by atoms with Crippen LogP contribution in [0.25, 0.3) is 0 Å². The average Bonchev–Trinajstić information content (AvgIpc) is 2.26. The van der Waals surface area contributed by atoms with Crippen LogP contribution in [0.15, 0.2) is 0 Å². The molecule has 1 saturated heterocycles. The van der Waals surface area contributed by atoms with Crippen LogP contribution in [0, 0.1) is 0 Å². The highest BCUT2D eigenvalue weighted by Gasteiger charge is 2.40. The lowest BCUT2D eigenvalue weighted by molar-refractivity contribution is -0.00686. The predicted octanol–water partition coefficient (Wildman–Crippen LogP) is 1.95. The van der Waals surface area contributed by atoms with Crippen molar-refractivity contribution in [3.8, 4) is 0 Å². The van der Waals surface area contributed by atoms with Crippen LogP contribution in [-0.4, -0.2) is 48.9 Å². The fraction of sp³-hybridized carbons (Fsp3) is 0.917. The minimum Gasteiger partial charge on any atom is -0.444 e. The third-order valence-electron chi connectivity index (χ3n) is 3.08. The van der Waals surface area contributed by atoms with Crippen molar-refractivity contribution in [2.75, 3.05) is 26.8 Å². The van der Waals surface area contributed by atoms with Crippen LogP contribution in [0.2, 0.25) is 0 Å². The Kier molecular flexibility index (Phi) is 4.36. The number of nitrogens with zero attached hydrogens (tertiary/aromatic N) is 1. The molecule has 0 saturated carbocycles. The van der Waals surface area contributed by atoms with Crippen LogP contribution >= 0.6 is 0 Å². The summed E-state index contributed by atoms with van der Waals surface area (Å²) in [6, 6.07) is 0. The van der Waals surface area contributed by atoms with Crippen LogP contribution in [0.3, 0.4) is 0 Å². The van der Waals surface area contributed by atoms with Gasteiger partial charge in [-0.3, -0.25) is 0 Å². The summed E-state index contributed by atoms with van der Waals surface area (Å²) in [6.45, 7) is 6.23. The molecule has 17 heavy (non-hydrogen) atoms. The second kappa shape index (κ2) is 5.21. The fourth-order valence-electron chi connectivity index (χ4n) is 1.97. The first kappa shape index (κ1) is 14.2. The van der Waals surface area contributed by atoms with Crippen molar-refractivity contribution in [1.29, 1.82) is 0 Å². The van der Waals surface area contributed by atoms with Gasteiger partial charge in [0.1, 0.15) is 12.3 Å². The number of nitrogens with one attached hydrogen (secondary N) is 1. The standard InChI is InChI=1S/C12H23FN2O2/c1-11(2,3)17-10(16)15(4)12(8-13)6-5-7-14-9-12/h14H,5-9H2,1-4H3. The molecule has 1 rings (SSSR count). The first-order valence-corrected chi connectivity index (χ1v) is 6.04. The molecule has 0 spiro atoms. The minimum atomic E-state index is -0.749. The number of hydrogen-bond acceptors (Lipinski definition) is 3. The van der Waals surface area contributed by atoms with Gasteiger partial charge in [0, 0.05) is 13.6 Å². The van der Waals surface area contributed by atoms with Gasteiger partial charge in [-0.1, -0.05) is 0 Å². The maximum atomic E-state index is 13.3. The van der Waals surface area contributed by atoms with E-state index >= 15 is 0 Å². The van der Waals surface area contributed by atoms with Crippen molar-refractivity contribution >= 4 is 6.09 Å². The molecule has 4 nitrogen and oxygen atoms in total. The van der Waals surface area contributed by atoms with Crippen molar-refractivity contribution in [3.63, 3.8) is 0 Å². The topological polar surface area (TPSA) is 41.6 Å². The van der Waals surface area contributed by atoms with Gasteiger partial charge in [-0.2, -0.15) is 0 Å². The van der Waals surface area contributed by atoms with Crippen molar-refractivity contribution in [1.82, 2.24) is 10.2 Å². The highest BCUT2D eigenvalue weighted by molar-refractivity contribution is 5.69. The average molecular weight is 246 g/mol. The largest absolute Gasteiger partial charge is 0.444 e. The third-order valence-corrected chi connectivity index (χ3v) is 3.08. The van der Waals surface area contributed by atoms with Crippen LogP contribution < -0.4 is 5.32 Å². The molecular formula is C12H23FN2O2. The summed E-state index contributed by atoms with van der Waals surface area (Å²) in [6.07, 6.45) is 1.09. The molecule has 1 N–H and O–H groups in total. The SMILES string of the molecule is CN(C(=O)OC(C)(C)C)C1(CF)CCCNC1. The van der Waals surface area contributed by atoms with Gasteiger partial charge < -0.3 is 15.0 Å². The summed E-state index contributed by atoms with van der Waals surface area (Å²) in [5, 5.41) is 3.14. The predicted molar refractivity (Wildman–Crippen MR) is 64.8 cm³/mol. The summed E-state index contributed by atoms with van der Waals surface area (Å²) in [4.78, 5) is 13.3. The molecule has 1 atom stereocenters. The van der Waals surface area contributed by atoms with Crippen molar-refractivity contribution in [2.24, 2.45) is 0 Å². The van der Waals surface area contributed by atoms with E-state index in [0.29, 0.717) is 13.0 Å². The number of alkyl halides is 1. The molecule has 1 fully saturated rings. The molecular weight excluding hydrogens is 223 g/mol. The summed E-state index contributed by atoms with van der Waals surface area (Å²) in [5.74, 6) is 0. The first-order chi connectivity index (χ1) is 7.81. The van der Waals surface area contributed by atoms with Gasteiger partial charge >= 0.3 is 6.09 Å². The van der Waals surface area contributed by atoms with E-state index in [1.54, 1.807) is 27.8 Å². The molecule has 1 unspecified atom stereocenters. The second-order valence-corrected chi connectivity index (χ2v) is 5.68. The van der Waals surface area contributed by atoms with Gasteiger partial charge in [-0.15, -0.1) is 0 Å². The van der Waals surface area contributed by atoms with E-state index in [4.69, 9.17) is 4.74 Å². The van der Waals surface area contributed by atoms with Gasteiger partial charge in [0.05, 0.1) is 5.54 Å². The molecule has 1 aliphatic rings. The Hall–Kier alpha value is -0.840. The number of hydrogen-bond donors (Lipinski definition) is 1. The molecule has 1 aliphatic heterocycles. The van der Waals surface area contributed by atoms with E-state index in [9.17, 15) is 9.18 Å². The van der Waals surface area contributed by atoms with E-state index in [0.717, 1.165) is 13.0 Å². The lowest BCUT2D eigenvalue weighted by Gasteiger charge is -2.42. The highest BCUT2D eigenvalue weighted by Crippen LogP contribution is 2.25. The molecule has 0 aliphatic carbocycles. The Balaban J connectivity index is 2.71. The van der Waals surface area contributed by atoms with E-state index in [2.05, 4.69) is 5.32 Å². The summed E-state index contributed by atoms with van der Waals surface area (Å²) >= 11 is 0. The Labute approximate surface area is 102 Å². The van der Waals surface area contributed by atoms with E-state index in [1.165, 1.54) is 4.90 Å². The normalized spacial score (nSPS) is 25.5. The number of ether oxygens (including phenoxy) is 1. The van der Waals surface area contributed by atoms with Crippen LogP contribution in [-0.2, 0) is 4.74 Å². The summed E-state index contributed by atoms with van der Waals surface area (Å²) in [7, 11) is 1.61. The Morgan fingerprint density at radius 2 is 2.18 bits per heavy atom. The molecule has 1 heterocycles. The van der Waals surface area contributed by atoms with Crippen LogP contribution in [0.1, 0.15) is 33.6 Å². The number of likely N-dealkylation sites (N-methyl/N-ethyl adjacent to an activating group) is 1. The Morgan fingerprint density at radius 3 is 2.59 bits per heavy atom. The maximum absolute atomic E-state index is 13.3. The van der Waals surface area contributed by atoms with Gasteiger partial charge in [0.25, 0.3) is 0 Å². The number of rotatable bonds is 2. The molecule has 5 heteroatoms. The van der Waals surface area contributed by atoms with E-state index in [-0.39, 0.29) is 0 Å². The monoisotopic (exact) mass is 246 g/mol. The number of carbonyl (C=O) groups is 1. The van der Waals surface area contributed by atoms with Crippen molar-refractivity contribution in [3.05, 3.63) is 0 Å². The summed E-state index contributed by atoms with van der Waals surface area (Å²) in [5.41, 5.74) is -1.30. The zero-order valence-corrected chi connectivity index (χ0v) is 11.2. The number of amides is 1. The molecule has 0 aromatic carbocycles. The highest BCUT2D eigenvalue weighted by atomic mass is 19.1. The number of carbonyl (C=O) groups excluding carboxylic acids is 1. The Bertz CT molecular complexity index is 270. The Morgan fingerprint density at radius 1 is 1.53 bits per heavy atom. The third kappa shape index (κ3) is 3.56. The van der Waals surface area contributed by atoms with Crippen molar-refractivity contribution < 1.29 is 13.9 Å². The van der Waals surface area contributed by atoms with Gasteiger partial charge in [0.15, 0.2) is 0 Å². The molecule has 100 valence electrons. The van der Waals surface area contributed by atoms with Crippen LogP contribution in [0.4, 0.5) is 9.18 Å². The zero-order chi connectivity index (χ0) is 13.1. The van der Waals surface area contributed by atoms with Gasteiger partial charge in [0.2, 0.25) is 0 Å². The lowest BCUT2D eigenvalue weighted by atomic mass is 9.90. The first-order valence-electron chi connectivity index (χ1n) is 6.04. The van der Waals surface area contributed by atoms with E-state index in [1.807, 2.05) is 0 Å². The molecule has 1 amide bonds. The van der Waals surface area contributed by atoms with E-state index < -0.39 is 23.9 Å². The van der Waals surface area contributed by atoms with Crippen molar-refractivity contribution in [2.45, 2.75) is 44.8 Å². The minimum absolute atomic E-state index is 0.459. The molecule has 0 aromatic heterocycles. The smallest absolute Gasteiger partial charge is 0.410 e. The lowest BCUT2D eigenvalue weighted by Crippen LogP contribution is -2.60. The molecule has 0 aromatic rings. The quantitative estimate of drug-likeness (QED) is 0.809. The second-order valence-electron chi connectivity index (χ2n) is 5.68. The number of halogens is 1. The zero-order valence-electron chi connectivity index (χ0n) is 11.2. The molecule has 0 bridgehead atoms. The molecule has 0 radical (unpaired) electrons. The van der Waals surface area contributed by atoms with Crippen LogP contribution in [0.5, 0.6) is 0 Å². The van der Waals surface area contributed by atoms with Gasteiger partial charge in [-0.05, 0) is 40.2 Å². The maximum Gasteiger partial charge on any atom is 0.410 e. The van der Waals surface area contributed by atoms with Gasteiger partial charge in [-0.25, -0.2) is 9.18 Å².